The summed E-state index contributed by atoms with van der Waals surface area (Å²) in [5.74, 6) is -0.207. The summed E-state index contributed by atoms with van der Waals surface area (Å²) in [6, 6.07) is 3.75. The van der Waals surface area contributed by atoms with Gasteiger partial charge in [-0.15, -0.1) is 0 Å². The largest absolute Gasteiger partial charge is 0.383 e. The number of nitrogens with zero attached hydrogens (tertiary/aromatic N) is 2. The van der Waals surface area contributed by atoms with Gasteiger partial charge in [0.2, 0.25) is 0 Å². The molecule has 19 heavy (non-hydrogen) atoms. The molecular formula is C14H17F2N3. The second-order valence-corrected chi connectivity index (χ2v) is 4.35. The molecule has 0 radical (unpaired) electrons. The number of hydrogen-bond acceptors (Lipinski definition) is 2. The third kappa shape index (κ3) is 2.32. The van der Waals surface area contributed by atoms with Crippen LogP contribution in [0.5, 0.6) is 0 Å². The van der Waals surface area contributed by atoms with Crippen molar-refractivity contribution in [1.29, 1.82) is 0 Å². The van der Waals surface area contributed by atoms with Gasteiger partial charge in [-0.25, -0.2) is 13.8 Å². The zero-order chi connectivity index (χ0) is 14.0. The number of nitrogens with two attached hydrogens (primary N) is 1. The second-order valence-electron chi connectivity index (χ2n) is 4.35. The first kappa shape index (κ1) is 13.5. The van der Waals surface area contributed by atoms with Crippen molar-refractivity contribution in [2.45, 2.75) is 33.2 Å². The Kier molecular flexibility index (Phi) is 3.83. The van der Waals surface area contributed by atoms with Crippen LogP contribution in [0.15, 0.2) is 18.2 Å². The normalized spacial score (nSPS) is 10.9. The van der Waals surface area contributed by atoms with Gasteiger partial charge in [0, 0.05) is 13.0 Å². The molecule has 0 unspecified atom stereocenters. The maximum Gasteiger partial charge on any atom is 0.135 e. The number of benzene rings is 1. The van der Waals surface area contributed by atoms with Crippen molar-refractivity contribution in [2.75, 3.05) is 5.73 Å². The maximum absolute atomic E-state index is 13.8. The molecule has 0 saturated heterocycles. The fraction of sp³-hybridized carbons (Fsp3) is 0.357. The summed E-state index contributed by atoms with van der Waals surface area (Å²) in [7, 11) is 0. The summed E-state index contributed by atoms with van der Waals surface area (Å²) in [5, 5.41) is 0. The van der Waals surface area contributed by atoms with Gasteiger partial charge in [0.05, 0.1) is 5.56 Å². The number of hydrogen-bond donors (Lipinski definition) is 1. The molecule has 3 nitrogen and oxygen atoms in total. The Morgan fingerprint density at radius 3 is 2.37 bits per heavy atom. The standard InChI is InChI=1S/C14H17F2N3/c1-3-6-11-18-13(14(17)19(11)4-2)12-9(15)7-5-8-10(12)16/h5,7-8H,3-4,6,17H2,1-2H3. The lowest BCUT2D eigenvalue weighted by Crippen LogP contribution is -2.05. The highest BCUT2D eigenvalue weighted by Gasteiger charge is 2.20. The number of imidazole rings is 1. The van der Waals surface area contributed by atoms with E-state index >= 15 is 0 Å². The van der Waals surface area contributed by atoms with E-state index in [9.17, 15) is 8.78 Å². The lowest BCUT2D eigenvalue weighted by Gasteiger charge is -2.06. The molecule has 0 fully saturated rings. The van der Waals surface area contributed by atoms with Gasteiger partial charge in [0.1, 0.15) is 29.0 Å². The van der Waals surface area contributed by atoms with Crippen molar-refractivity contribution in [3.05, 3.63) is 35.7 Å². The van der Waals surface area contributed by atoms with Crippen molar-refractivity contribution >= 4 is 5.82 Å². The molecule has 1 aromatic heterocycles. The average molecular weight is 265 g/mol. The fourth-order valence-electron chi connectivity index (χ4n) is 2.19. The summed E-state index contributed by atoms with van der Waals surface area (Å²) in [6.07, 6.45) is 1.63. The number of anilines is 1. The Morgan fingerprint density at radius 2 is 1.84 bits per heavy atom. The van der Waals surface area contributed by atoms with Gasteiger partial charge >= 0.3 is 0 Å². The second kappa shape index (κ2) is 5.38. The highest BCUT2D eigenvalue weighted by Crippen LogP contribution is 2.31. The maximum atomic E-state index is 13.8. The molecule has 2 aromatic rings. The van der Waals surface area contributed by atoms with Gasteiger partial charge in [-0.1, -0.05) is 13.0 Å². The van der Waals surface area contributed by atoms with Crippen LogP contribution in [0, 0.1) is 11.6 Å². The van der Waals surface area contributed by atoms with Crippen molar-refractivity contribution in [3.8, 4) is 11.3 Å². The minimum Gasteiger partial charge on any atom is -0.383 e. The summed E-state index contributed by atoms with van der Waals surface area (Å²) in [4.78, 5) is 4.32. The SMILES string of the molecule is CCCc1nc(-c2c(F)cccc2F)c(N)n1CC. The molecule has 0 aliphatic heterocycles. The highest BCUT2D eigenvalue weighted by atomic mass is 19.1. The van der Waals surface area contributed by atoms with Crippen molar-refractivity contribution < 1.29 is 8.78 Å². The van der Waals surface area contributed by atoms with E-state index < -0.39 is 11.6 Å². The van der Waals surface area contributed by atoms with Crippen LogP contribution in [0.4, 0.5) is 14.6 Å². The Labute approximate surface area is 111 Å². The van der Waals surface area contributed by atoms with E-state index in [4.69, 9.17) is 5.73 Å². The lowest BCUT2D eigenvalue weighted by molar-refractivity contribution is 0.589. The highest BCUT2D eigenvalue weighted by molar-refractivity contribution is 5.72. The van der Waals surface area contributed by atoms with Gasteiger partial charge in [-0.2, -0.15) is 0 Å². The molecule has 2 N–H and O–H groups in total. The molecule has 102 valence electrons. The van der Waals surface area contributed by atoms with Gasteiger partial charge in [-0.3, -0.25) is 0 Å². The van der Waals surface area contributed by atoms with Gasteiger partial charge in [0.25, 0.3) is 0 Å². The van der Waals surface area contributed by atoms with E-state index in [0.717, 1.165) is 18.7 Å². The number of rotatable bonds is 4. The lowest BCUT2D eigenvalue weighted by atomic mass is 10.1. The minimum atomic E-state index is -0.643. The van der Waals surface area contributed by atoms with E-state index in [2.05, 4.69) is 4.98 Å². The third-order valence-corrected chi connectivity index (χ3v) is 3.08. The summed E-state index contributed by atoms with van der Waals surface area (Å²) in [6.45, 7) is 4.58. The van der Waals surface area contributed by atoms with Crippen LogP contribution in [0.2, 0.25) is 0 Å². The molecule has 2 rings (SSSR count). The van der Waals surface area contributed by atoms with Crippen LogP contribution in [0.25, 0.3) is 11.3 Å². The number of nitrogen functional groups attached to an aromatic ring is 1. The van der Waals surface area contributed by atoms with Gasteiger partial charge in [0.15, 0.2) is 0 Å². The van der Waals surface area contributed by atoms with E-state index in [1.807, 2.05) is 13.8 Å². The summed E-state index contributed by atoms with van der Waals surface area (Å²) in [5.41, 5.74) is 6.03. The van der Waals surface area contributed by atoms with E-state index in [1.54, 1.807) is 4.57 Å². The molecule has 5 heteroatoms. The van der Waals surface area contributed by atoms with Gasteiger partial charge < -0.3 is 10.3 Å². The van der Waals surface area contributed by atoms with Crippen LogP contribution in [0.3, 0.4) is 0 Å². The van der Waals surface area contributed by atoms with Crippen LogP contribution in [-0.2, 0) is 13.0 Å². The molecule has 0 amide bonds. The Balaban J connectivity index is 2.63. The summed E-state index contributed by atoms with van der Waals surface area (Å²) >= 11 is 0. The number of halogens is 2. The zero-order valence-corrected chi connectivity index (χ0v) is 11.1. The Morgan fingerprint density at radius 1 is 1.21 bits per heavy atom. The Bertz CT molecular complexity index is 570. The zero-order valence-electron chi connectivity index (χ0n) is 11.1. The molecule has 0 spiro atoms. The molecule has 0 aliphatic carbocycles. The van der Waals surface area contributed by atoms with Crippen LogP contribution < -0.4 is 5.73 Å². The third-order valence-electron chi connectivity index (χ3n) is 3.08. The predicted molar refractivity (Wildman–Crippen MR) is 71.7 cm³/mol. The van der Waals surface area contributed by atoms with E-state index in [0.29, 0.717) is 12.4 Å². The molecular weight excluding hydrogens is 248 g/mol. The molecule has 0 atom stereocenters. The first-order chi connectivity index (χ1) is 9.10. The smallest absolute Gasteiger partial charge is 0.135 e. The monoisotopic (exact) mass is 265 g/mol. The molecule has 0 saturated carbocycles. The molecule has 1 heterocycles. The number of aryl methyl sites for hydroxylation is 1. The van der Waals surface area contributed by atoms with Crippen molar-refractivity contribution in [1.82, 2.24) is 9.55 Å². The average Bonchev–Trinajstić information content (AvgIpc) is 2.66. The van der Waals surface area contributed by atoms with Crippen LogP contribution in [-0.4, -0.2) is 9.55 Å². The van der Waals surface area contributed by atoms with Crippen molar-refractivity contribution in [3.63, 3.8) is 0 Å². The van der Waals surface area contributed by atoms with Gasteiger partial charge in [-0.05, 0) is 25.5 Å². The summed E-state index contributed by atoms with van der Waals surface area (Å²) < 4.78 is 29.4. The first-order valence-electron chi connectivity index (χ1n) is 6.39. The van der Waals surface area contributed by atoms with Crippen LogP contribution >= 0.6 is 0 Å². The van der Waals surface area contributed by atoms with E-state index in [-0.39, 0.29) is 11.3 Å². The first-order valence-corrected chi connectivity index (χ1v) is 6.39. The quantitative estimate of drug-likeness (QED) is 0.921. The topological polar surface area (TPSA) is 43.8 Å². The van der Waals surface area contributed by atoms with Crippen LogP contribution in [0.1, 0.15) is 26.1 Å². The predicted octanol–water partition coefficient (Wildman–Crippen LogP) is 3.38. The Hall–Kier alpha value is -1.91. The van der Waals surface area contributed by atoms with Crippen molar-refractivity contribution in [2.24, 2.45) is 0 Å². The molecule has 0 bridgehead atoms. The molecule has 1 aromatic carbocycles. The number of aromatic nitrogens is 2. The van der Waals surface area contributed by atoms with E-state index in [1.165, 1.54) is 18.2 Å². The molecule has 0 aliphatic rings. The fourth-order valence-corrected chi connectivity index (χ4v) is 2.19. The minimum absolute atomic E-state index is 0.149.